The van der Waals surface area contributed by atoms with Gasteiger partial charge in [-0.25, -0.2) is 4.39 Å². The highest BCUT2D eigenvalue weighted by Crippen LogP contribution is 2.20. The normalized spacial score (nSPS) is 30.5. The third-order valence-corrected chi connectivity index (χ3v) is 2.06. The molecule has 0 saturated heterocycles. The Labute approximate surface area is 69.4 Å². The largest absolute Gasteiger partial charge is 0.317 e. The molecular formula is C9H20FN. The zero-order valence-electron chi connectivity index (χ0n) is 7.86. The van der Waals surface area contributed by atoms with Gasteiger partial charge in [-0.15, -0.1) is 0 Å². The van der Waals surface area contributed by atoms with Crippen LogP contribution in [-0.4, -0.2) is 19.3 Å². The van der Waals surface area contributed by atoms with Gasteiger partial charge in [-0.05, 0) is 32.7 Å². The van der Waals surface area contributed by atoms with E-state index in [1.165, 1.54) is 0 Å². The lowest BCUT2D eigenvalue weighted by atomic mass is 9.94. The molecule has 0 aromatic carbocycles. The smallest absolute Gasteiger partial charge is 0.100 e. The highest BCUT2D eigenvalue weighted by Gasteiger charge is 2.18. The zero-order chi connectivity index (χ0) is 8.69. The van der Waals surface area contributed by atoms with Gasteiger partial charge in [0.15, 0.2) is 0 Å². The van der Waals surface area contributed by atoms with Crippen molar-refractivity contribution in [3.63, 3.8) is 0 Å². The standard InChI is InChI=1S/C7H14FN.C2H6/c1-9-7-4-2-6(8)3-5-7;1-2/h6-7,9H,2-5H2,1H3;1-2H3. The molecule has 2 heteroatoms. The number of hydrogen-bond donors (Lipinski definition) is 1. The third-order valence-electron chi connectivity index (χ3n) is 2.06. The predicted molar refractivity (Wildman–Crippen MR) is 47.6 cm³/mol. The van der Waals surface area contributed by atoms with Crippen molar-refractivity contribution in [2.24, 2.45) is 0 Å². The molecule has 1 N–H and O–H groups in total. The molecular weight excluding hydrogens is 141 g/mol. The quantitative estimate of drug-likeness (QED) is 0.623. The minimum absolute atomic E-state index is 0.519. The van der Waals surface area contributed by atoms with Crippen LogP contribution in [0.15, 0.2) is 0 Å². The molecule has 1 nitrogen and oxygen atoms in total. The second-order valence-electron chi connectivity index (χ2n) is 2.74. The first-order valence-electron chi connectivity index (χ1n) is 4.64. The lowest BCUT2D eigenvalue weighted by molar-refractivity contribution is 0.224. The van der Waals surface area contributed by atoms with E-state index < -0.39 is 6.17 Å². The van der Waals surface area contributed by atoms with Crippen molar-refractivity contribution in [1.82, 2.24) is 5.32 Å². The summed E-state index contributed by atoms with van der Waals surface area (Å²) in [4.78, 5) is 0. The summed E-state index contributed by atoms with van der Waals surface area (Å²) >= 11 is 0. The minimum atomic E-state index is -0.519. The van der Waals surface area contributed by atoms with Crippen LogP contribution in [0.2, 0.25) is 0 Å². The van der Waals surface area contributed by atoms with Crippen LogP contribution < -0.4 is 5.32 Å². The van der Waals surface area contributed by atoms with E-state index in [2.05, 4.69) is 5.32 Å². The Morgan fingerprint density at radius 3 is 1.91 bits per heavy atom. The number of hydrogen-bond acceptors (Lipinski definition) is 1. The Morgan fingerprint density at radius 2 is 1.55 bits per heavy atom. The maximum absolute atomic E-state index is 12.5. The van der Waals surface area contributed by atoms with E-state index in [-0.39, 0.29) is 0 Å². The van der Waals surface area contributed by atoms with Gasteiger partial charge in [0.1, 0.15) is 6.17 Å². The monoisotopic (exact) mass is 161 g/mol. The van der Waals surface area contributed by atoms with Gasteiger partial charge in [-0.2, -0.15) is 0 Å². The van der Waals surface area contributed by atoms with Gasteiger partial charge in [0.25, 0.3) is 0 Å². The fourth-order valence-electron chi connectivity index (χ4n) is 1.34. The molecule has 0 bridgehead atoms. The molecule has 0 atom stereocenters. The van der Waals surface area contributed by atoms with E-state index >= 15 is 0 Å². The summed E-state index contributed by atoms with van der Waals surface area (Å²) in [7, 11) is 1.95. The summed E-state index contributed by atoms with van der Waals surface area (Å²) in [6.45, 7) is 4.00. The third kappa shape index (κ3) is 4.35. The number of halogens is 1. The zero-order valence-corrected chi connectivity index (χ0v) is 7.86. The van der Waals surface area contributed by atoms with Crippen molar-refractivity contribution < 1.29 is 4.39 Å². The number of rotatable bonds is 1. The van der Waals surface area contributed by atoms with Crippen LogP contribution in [0.1, 0.15) is 39.5 Å². The average Bonchev–Trinajstić information content (AvgIpc) is 2.10. The molecule has 0 heterocycles. The van der Waals surface area contributed by atoms with Crippen molar-refractivity contribution >= 4 is 0 Å². The molecule has 1 fully saturated rings. The van der Waals surface area contributed by atoms with Gasteiger partial charge in [-0.3, -0.25) is 0 Å². The van der Waals surface area contributed by atoms with Crippen LogP contribution in [0.3, 0.4) is 0 Å². The molecule has 0 radical (unpaired) electrons. The average molecular weight is 161 g/mol. The highest BCUT2D eigenvalue weighted by molar-refractivity contribution is 4.74. The van der Waals surface area contributed by atoms with E-state index in [1.54, 1.807) is 0 Å². The van der Waals surface area contributed by atoms with Crippen LogP contribution >= 0.6 is 0 Å². The minimum Gasteiger partial charge on any atom is -0.317 e. The molecule has 1 saturated carbocycles. The van der Waals surface area contributed by atoms with E-state index in [0.717, 1.165) is 25.7 Å². The topological polar surface area (TPSA) is 12.0 Å². The van der Waals surface area contributed by atoms with E-state index in [0.29, 0.717) is 6.04 Å². The van der Waals surface area contributed by atoms with E-state index in [9.17, 15) is 4.39 Å². The van der Waals surface area contributed by atoms with E-state index in [4.69, 9.17) is 0 Å². The second kappa shape index (κ2) is 6.59. The number of nitrogens with one attached hydrogen (secondary N) is 1. The van der Waals surface area contributed by atoms with Crippen LogP contribution in [0, 0.1) is 0 Å². The summed E-state index contributed by atoms with van der Waals surface area (Å²) < 4.78 is 12.5. The fourth-order valence-corrected chi connectivity index (χ4v) is 1.34. The molecule has 1 rings (SSSR count). The first-order valence-corrected chi connectivity index (χ1v) is 4.64. The first kappa shape index (κ1) is 10.9. The maximum Gasteiger partial charge on any atom is 0.100 e. The van der Waals surface area contributed by atoms with Gasteiger partial charge in [-0.1, -0.05) is 13.8 Å². The summed E-state index contributed by atoms with van der Waals surface area (Å²) in [6.07, 6.45) is 3.02. The van der Waals surface area contributed by atoms with Crippen molar-refractivity contribution in [2.75, 3.05) is 7.05 Å². The van der Waals surface area contributed by atoms with Crippen LogP contribution in [0.5, 0.6) is 0 Å². The molecule has 0 aromatic heterocycles. The summed E-state index contributed by atoms with van der Waals surface area (Å²) in [5.41, 5.74) is 0. The fraction of sp³-hybridized carbons (Fsp3) is 1.00. The maximum atomic E-state index is 12.5. The molecule has 0 aliphatic heterocycles. The van der Waals surface area contributed by atoms with Gasteiger partial charge < -0.3 is 5.32 Å². The molecule has 0 unspecified atom stereocenters. The summed E-state index contributed by atoms with van der Waals surface area (Å²) in [5.74, 6) is 0. The lowest BCUT2D eigenvalue weighted by Gasteiger charge is -2.23. The SMILES string of the molecule is CC.CNC1CCC(F)CC1. The molecule has 1 aliphatic rings. The van der Waals surface area contributed by atoms with Gasteiger partial charge in [0.2, 0.25) is 0 Å². The Hall–Kier alpha value is -0.110. The molecule has 0 spiro atoms. The van der Waals surface area contributed by atoms with Crippen LogP contribution in [0.4, 0.5) is 4.39 Å². The van der Waals surface area contributed by atoms with Crippen LogP contribution in [0.25, 0.3) is 0 Å². The van der Waals surface area contributed by atoms with Crippen molar-refractivity contribution in [3.05, 3.63) is 0 Å². The lowest BCUT2D eigenvalue weighted by Crippen LogP contribution is -2.30. The second-order valence-corrected chi connectivity index (χ2v) is 2.74. The van der Waals surface area contributed by atoms with Gasteiger partial charge in [0, 0.05) is 6.04 Å². The van der Waals surface area contributed by atoms with Gasteiger partial charge >= 0.3 is 0 Å². The summed E-state index contributed by atoms with van der Waals surface area (Å²) in [5, 5.41) is 3.16. The number of alkyl halides is 1. The Kier molecular flexibility index (Phi) is 6.52. The Morgan fingerprint density at radius 1 is 1.09 bits per heavy atom. The van der Waals surface area contributed by atoms with E-state index in [1.807, 2.05) is 20.9 Å². The molecule has 68 valence electrons. The Bertz CT molecular complexity index is 77.6. The first-order chi connectivity index (χ1) is 5.33. The molecule has 0 aromatic rings. The molecule has 11 heavy (non-hydrogen) atoms. The highest BCUT2D eigenvalue weighted by atomic mass is 19.1. The van der Waals surface area contributed by atoms with Crippen LogP contribution in [-0.2, 0) is 0 Å². The van der Waals surface area contributed by atoms with Crippen molar-refractivity contribution in [3.8, 4) is 0 Å². The molecule has 0 amide bonds. The van der Waals surface area contributed by atoms with Gasteiger partial charge in [0.05, 0.1) is 0 Å². The summed E-state index contributed by atoms with van der Waals surface area (Å²) in [6, 6.07) is 0.581. The van der Waals surface area contributed by atoms with Crippen molar-refractivity contribution in [1.29, 1.82) is 0 Å². The Balaban J connectivity index is 0.000000461. The van der Waals surface area contributed by atoms with Crippen molar-refractivity contribution in [2.45, 2.75) is 51.7 Å². The molecule has 1 aliphatic carbocycles. The predicted octanol–water partition coefficient (Wildman–Crippen LogP) is 2.51.